The zero-order valence-electron chi connectivity index (χ0n) is 22.1. The lowest BCUT2D eigenvalue weighted by Crippen LogP contribution is -2.37. The molecule has 1 atom stereocenters. The van der Waals surface area contributed by atoms with Crippen molar-refractivity contribution in [2.45, 2.75) is 38.9 Å². The number of esters is 1. The average molecular weight is 526 g/mol. The molecule has 4 aromatic rings. The fraction of sp³-hybridized carbons (Fsp3) is 0.226. The van der Waals surface area contributed by atoms with Gasteiger partial charge in [-0.2, -0.15) is 0 Å². The van der Waals surface area contributed by atoms with Crippen LogP contribution >= 0.6 is 0 Å². The fourth-order valence-corrected chi connectivity index (χ4v) is 3.90. The first kappa shape index (κ1) is 27.3. The average Bonchev–Trinajstić information content (AvgIpc) is 2.92. The van der Waals surface area contributed by atoms with E-state index in [9.17, 15) is 14.4 Å². The van der Waals surface area contributed by atoms with Crippen molar-refractivity contribution in [3.05, 3.63) is 108 Å². The lowest BCUT2D eigenvalue weighted by Gasteiger charge is -2.22. The van der Waals surface area contributed by atoms with Crippen molar-refractivity contribution in [1.82, 2.24) is 10.3 Å². The van der Waals surface area contributed by atoms with Gasteiger partial charge < -0.3 is 20.1 Å². The number of alkyl carbamates (subject to hydrolysis) is 1. The molecule has 0 spiro atoms. The van der Waals surface area contributed by atoms with Crippen molar-refractivity contribution in [3.8, 4) is 0 Å². The largest absolute Gasteiger partial charge is 0.457 e. The van der Waals surface area contributed by atoms with E-state index >= 15 is 0 Å². The Morgan fingerprint density at radius 3 is 2.36 bits per heavy atom. The highest BCUT2D eigenvalue weighted by molar-refractivity contribution is 5.98. The molecule has 0 aliphatic carbocycles. The van der Waals surface area contributed by atoms with Gasteiger partial charge >= 0.3 is 12.1 Å². The smallest absolute Gasteiger partial charge is 0.407 e. The number of anilines is 1. The van der Waals surface area contributed by atoms with Gasteiger partial charge in [0.15, 0.2) is 0 Å². The molecule has 2 N–H and O–H groups in total. The number of hydrogen-bond donors (Lipinski definition) is 2. The van der Waals surface area contributed by atoms with E-state index in [1.165, 1.54) is 0 Å². The van der Waals surface area contributed by atoms with Gasteiger partial charge in [0.05, 0.1) is 11.5 Å². The lowest BCUT2D eigenvalue weighted by molar-refractivity contribution is -0.117. The van der Waals surface area contributed by atoms with Gasteiger partial charge in [-0.05, 0) is 67.6 Å². The van der Waals surface area contributed by atoms with Gasteiger partial charge in [-0.3, -0.25) is 9.78 Å². The maximum atomic E-state index is 13.4. The second-order valence-corrected chi connectivity index (χ2v) is 10.0. The molecule has 0 aliphatic rings. The number of aromatic nitrogens is 1. The standard InChI is InChI=1S/C31H31N3O5/c1-31(2,3)39-30(37)33-19-27(28(35)34-26-14-13-25-18-32-16-15-24(25)17-26)22-11-9-21(10-12-22)20-38-29(36)23-7-5-4-6-8-23/h4-18,27H,19-20H2,1-3H3,(H,33,37)(H,34,35)/t27-/m1/s1. The zero-order valence-corrected chi connectivity index (χ0v) is 22.1. The molecule has 2 amide bonds. The number of fused-ring (bicyclic) bond motifs is 1. The number of carbonyl (C=O) groups is 3. The number of amides is 2. The van der Waals surface area contributed by atoms with E-state index in [-0.39, 0.29) is 19.1 Å². The first-order valence-electron chi connectivity index (χ1n) is 12.6. The third-order valence-electron chi connectivity index (χ3n) is 5.84. The predicted molar refractivity (Wildman–Crippen MR) is 149 cm³/mol. The molecule has 8 heteroatoms. The van der Waals surface area contributed by atoms with E-state index in [1.807, 2.05) is 30.3 Å². The van der Waals surface area contributed by atoms with Crippen LogP contribution in [0.2, 0.25) is 0 Å². The molecule has 200 valence electrons. The van der Waals surface area contributed by atoms with Crippen molar-refractivity contribution >= 4 is 34.4 Å². The second-order valence-electron chi connectivity index (χ2n) is 10.0. The highest BCUT2D eigenvalue weighted by Gasteiger charge is 2.24. The van der Waals surface area contributed by atoms with Crippen molar-refractivity contribution in [2.24, 2.45) is 0 Å². The molecule has 0 unspecified atom stereocenters. The van der Waals surface area contributed by atoms with Crippen LogP contribution in [0.4, 0.5) is 10.5 Å². The number of nitrogens with zero attached hydrogens (tertiary/aromatic N) is 1. The first-order valence-corrected chi connectivity index (χ1v) is 12.6. The number of carbonyl (C=O) groups excluding carboxylic acids is 3. The summed E-state index contributed by atoms with van der Waals surface area (Å²) in [7, 11) is 0. The molecule has 8 nitrogen and oxygen atoms in total. The van der Waals surface area contributed by atoms with Crippen LogP contribution in [0.5, 0.6) is 0 Å². The Kier molecular flexibility index (Phi) is 8.56. The minimum absolute atomic E-state index is 0.0284. The summed E-state index contributed by atoms with van der Waals surface area (Å²) in [6.45, 7) is 5.44. The molecular formula is C31H31N3O5. The van der Waals surface area contributed by atoms with Gasteiger partial charge in [0.25, 0.3) is 0 Å². The quantitative estimate of drug-likeness (QED) is 0.280. The molecule has 0 aliphatic heterocycles. The summed E-state index contributed by atoms with van der Waals surface area (Å²) < 4.78 is 10.7. The van der Waals surface area contributed by atoms with Crippen LogP contribution in [0.3, 0.4) is 0 Å². The predicted octanol–water partition coefficient (Wildman–Crippen LogP) is 5.84. The molecule has 1 aromatic heterocycles. The normalized spacial score (nSPS) is 11.9. The summed E-state index contributed by atoms with van der Waals surface area (Å²) in [6, 6.07) is 23.4. The zero-order chi connectivity index (χ0) is 27.8. The molecule has 0 bridgehead atoms. The van der Waals surface area contributed by atoms with E-state index < -0.39 is 23.6 Å². The molecular weight excluding hydrogens is 494 g/mol. The molecule has 0 fully saturated rings. The van der Waals surface area contributed by atoms with Crippen molar-refractivity contribution in [3.63, 3.8) is 0 Å². The summed E-state index contributed by atoms with van der Waals surface area (Å²) >= 11 is 0. The minimum atomic E-state index is -0.702. The molecule has 0 saturated carbocycles. The Bertz CT molecular complexity index is 1450. The molecule has 0 saturated heterocycles. The number of nitrogens with one attached hydrogen (secondary N) is 2. The first-order chi connectivity index (χ1) is 18.7. The van der Waals surface area contributed by atoms with Crippen LogP contribution in [-0.4, -0.2) is 35.1 Å². The molecule has 0 radical (unpaired) electrons. The third kappa shape index (κ3) is 7.88. The van der Waals surface area contributed by atoms with Crippen LogP contribution in [0, 0.1) is 0 Å². The molecule has 4 rings (SSSR count). The van der Waals surface area contributed by atoms with E-state index in [2.05, 4.69) is 15.6 Å². The second kappa shape index (κ2) is 12.2. The highest BCUT2D eigenvalue weighted by Crippen LogP contribution is 2.22. The van der Waals surface area contributed by atoms with Gasteiger partial charge in [0.2, 0.25) is 5.91 Å². The van der Waals surface area contributed by atoms with E-state index in [0.29, 0.717) is 16.8 Å². The van der Waals surface area contributed by atoms with Gasteiger partial charge in [-0.15, -0.1) is 0 Å². The maximum Gasteiger partial charge on any atom is 0.407 e. The van der Waals surface area contributed by atoms with Crippen molar-refractivity contribution in [1.29, 1.82) is 0 Å². The Morgan fingerprint density at radius 1 is 0.897 bits per heavy atom. The van der Waals surface area contributed by atoms with Gasteiger partial charge in [0, 0.05) is 30.0 Å². The van der Waals surface area contributed by atoms with Crippen LogP contribution in [0.25, 0.3) is 10.8 Å². The Labute approximate surface area is 227 Å². The van der Waals surface area contributed by atoms with E-state index in [1.54, 1.807) is 81.7 Å². The lowest BCUT2D eigenvalue weighted by atomic mass is 9.96. The summed E-state index contributed by atoms with van der Waals surface area (Å²) in [5, 5.41) is 7.57. The minimum Gasteiger partial charge on any atom is -0.457 e. The number of pyridine rings is 1. The van der Waals surface area contributed by atoms with Gasteiger partial charge in [-0.25, -0.2) is 9.59 Å². The topological polar surface area (TPSA) is 107 Å². The summed E-state index contributed by atoms with van der Waals surface area (Å²) in [5.74, 6) is -1.40. The van der Waals surface area contributed by atoms with Crippen LogP contribution in [-0.2, 0) is 20.9 Å². The van der Waals surface area contributed by atoms with Crippen molar-refractivity contribution < 1.29 is 23.9 Å². The van der Waals surface area contributed by atoms with Crippen molar-refractivity contribution in [2.75, 3.05) is 11.9 Å². The Balaban J connectivity index is 1.47. The Morgan fingerprint density at radius 2 is 1.64 bits per heavy atom. The maximum absolute atomic E-state index is 13.4. The Hall–Kier alpha value is -4.72. The highest BCUT2D eigenvalue weighted by atomic mass is 16.6. The van der Waals surface area contributed by atoms with Gasteiger partial charge in [0.1, 0.15) is 12.2 Å². The fourth-order valence-electron chi connectivity index (χ4n) is 3.90. The van der Waals surface area contributed by atoms with Crippen LogP contribution < -0.4 is 10.6 Å². The molecule has 3 aromatic carbocycles. The number of benzene rings is 3. The van der Waals surface area contributed by atoms with Crippen LogP contribution in [0.1, 0.15) is 48.2 Å². The number of hydrogen-bond acceptors (Lipinski definition) is 6. The summed E-state index contributed by atoms with van der Waals surface area (Å²) in [5.41, 5.74) is 1.90. The van der Waals surface area contributed by atoms with Gasteiger partial charge in [-0.1, -0.05) is 48.5 Å². The summed E-state index contributed by atoms with van der Waals surface area (Å²) in [4.78, 5) is 42.1. The number of rotatable bonds is 8. The SMILES string of the molecule is CC(C)(C)OC(=O)NC[C@@H](C(=O)Nc1ccc2cnccc2c1)c1ccc(COC(=O)c2ccccc2)cc1. The third-order valence-corrected chi connectivity index (χ3v) is 5.84. The van der Waals surface area contributed by atoms with Crippen LogP contribution in [0.15, 0.2) is 91.3 Å². The number of ether oxygens (including phenoxy) is 2. The van der Waals surface area contributed by atoms with E-state index in [4.69, 9.17) is 9.47 Å². The summed E-state index contributed by atoms with van der Waals surface area (Å²) in [6.07, 6.45) is 2.84. The van der Waals surface area contributed by atoms with E-state index in [0.717, 1.165) is 16.3 Å². The molecule has 1 heterocycles. The molecule has 39 heavy (non-hydrogen) atoms. The monoisotopic (exact) mass is 525 g/mol.